The number of hydrogen-bond acceptors (Lipinski definition) is 5. The van der Waals surface area contributed by atoms with Gasteiger partial charge in [-0.25, -0.2) is 9.78 Å². The lowest BCUT2D eigenvalue weighted by molar-refractivity contribution is 0.0225. The number of benzene rings is 1. The van der Waals surface area contributed by atoms with Gasteiger partial charge in [-0.05, 0) is 25.5 Å². The summed E-state index contributed by atoms with van der Waals surface area (Å²) in [7, 11) is 1.59. The van der Waals surface area contributed by atoms with Crippen LogP contribution in [-0.2, 0) is 6.54 Å². The number of piperazine rings is 1. The molecule has 1 saturated heterocycles. The fourth-order valence-electron chi connectivity index (χ4n) is 3.41. The molecule has 7 nitrogen and oxygen atoms in total. The number of β-amino-alcohol motifs (C(OH)–C–C–N with tert-alkyl or cyclic N) is 1. The molecule has 146 valence electrons. The fraction of sp³-hybridized carbons (Fsp3) is 0.500. The first-order chi connectivity index (χ1) is 12.9. The lowest BCUT2D eigenvalue weighted by atomic mass is 10.1. The molecular formula is C20H28N4O3. The number of nitrogens with one attached hydrogen (secondary N) is 1. The van der Waals surface area contributed by atoms with Crippen molar-refractivity contribution in [3.05, 3.63) is 35.9 Å². The van der Waals surface area contributed by atoms with Gasteiger partial charge in [-0.2, -0.15) is 0 Å². The van der Waals surface area contributed by atoms with Crippen molar-refractivity contribution in [2.24, 2.45) is 0 Å². The minimum atomic E-state index is -0.716. The number of hydrogen-bond donors (Lipinski definition) is 2. The van der Waals surface area contributed by atoms with Crippen molar-refractivity contribution in [1.82, 2.24) is 20.1 Å². The number of urea groups is 1. The Balaban J connectivity index is 1.59. The molecule has 3 rings (SSSR count). The van der Waals surface area contributed by atoms with E-state index in [2.05, 4.69) is 15.2 Å². The predicted molar refractivity (Wildman–Crippen MR) is 105 cm³/mol. The van der Waals surface area contributed by atoms with E-state index in [1.807, 2.05) is 35.2 Å². The van der Waals surface area contributed by atoms with Crippen LogP contribution in [0, 0.1) is 0 Å². The zero-order valence-corrected chi connectivity index (χ0v) is 16.2. The van der Waals surface area contributed by atoms with E-state index in [0.29, 0.717) is 32.1 Å². The average Bonchev–Trinajstić information content (AvgIpc) is 2.65. The van der Waals surface area contributed by atoms with Crippen molar-refractivity contribution in [3.63, 3.8) is 0 Å². The normalized spacial score (nSPS) is 15.8. The highest BCUT2D eigenvalue weighted by Gasteiger charge is 2.25. The highest BCUT2D eigenvalue weighted by molar-refractivity contribution is 5.83. The first kappa shape index (κ1) is 19.4. The first-order valence-electron chi connectivity index (χ1n) is 9.26. The summed E-state index contributed by atoms with van der Waals surface area (Å²) in [5.41, 5.74) is 1.11. The van der Waals surface area contributed by atoms with Gasteiger partial charge in [0, 0.05) is 50.7 Å². The van der Waals surface area contributed by atoms with Crippen LogP contribution < -0.4 is 10.1 Å². The Hall–Kier alpha value is -2.38. The molecule has 1 aliphatic heterocycles. The molecule has 7 heteroatoms. The third-order valence-corrected chi connectivity index (χ3v) is 4.69. The maximum atomic E-state index is 12.6. The van der Waals surface area contributed by atoms with Crippen LogP contribution in [0.25, 0.3) is 10.9 Å². The van der Waals surface area contributed by atoms with E-state index in [1.165, 1.54) is 0 Å². The van der Waals surface area contributed by atoms with Crippen LogP contribution in [0.4, 0.5) is 4.79 Å². The quantitative estimate of drug-likeness (QED) is 0.837. The molecule has 0 unspecified atom stereocenters. The number of nitrogens with zero attached hydrogens (tertiary/aromatic N) is 3. The number of rotatable bonds is 5. The molecule has 0 atom stereocenters. The Morgan fingerprint density at radius 3 is 2.63 bits per heavy atom. The molecule has 27 heavy (non-hydrogen) atoms. The number of para-hydroxylation sites is 1. The molecule has 0 aliphatic carbocycles. The highest BCUT2D eigenvalue weighted by atomic mass is 16.5. The lowest BCUT2D eigenvalue weighted by Crippen LogP contribution is -2.54. The van der Waals surface area contributed by atoms with E-state index in [0.717, 1.165) is 29.6 Å². The van der Waals surface area contributed by atoms with Crippen molar-refractivity contribution in [1.29, 1.82) is 0 Å². The molecule has 1 aromatic heterocycles. The highest BCUT2D eigenvalue weighted by Crippen LogP contribution is 2.21. The summed E-state index contributed by atoms with van der Waals surface area (Å²) in [5.74, 6) is 0.540. The van der Waals surface area contributed by atoms with Gasteiger partial charge in [0.2, 0.25) is 5.88 Å². The number of amides is 2. The summed E-state index contributed by atoms with van der Waals surface area (Å²) in [6.45, 7) is 7.49. The van der Waals surface area contributed by atoms with Gasteiger partial charge in [0.1, 0.15) is 0 Å². The Kier molecular flexibility index (Phi) is 5.82. The molecule has 0 radical (unpaired) electrons. The molecule has 0 spiro atoms. The topological polar surface area (TPSA) is 77.9 Å². The summed E-state index contributed by atoms with van der Waals surface area (Å²) in [6.07, 6.45) is 0. The summed E-state index contributed by atoms with van der Waals surface area (Å²) >= 11 is 0. The largest absolute Gasteiger partial charge is 0.481 e. The van der Waals surface area contributed by atoms with Crippen LogP contribution >= 0.6 is 0 Å². The van der Waals surface area contributed by atoms with Crippen LogP contribution in [0.1, 0.15) is 19.4 Å². The van der Waals surface area contributed by atoms with Crippen LogP contribution in [0.2, 0.25) is 0 Å². The maximum absolute atomic E-state index is 12.6. The Morgan fingerprint density at radius 1 is 1.26 bits per heavy atom. The standard InChI is InChI=1S/C20H28N4O3/c1-20(2,26)14-23-8-10-24(11-9-23)19(25)21-13-15-12-18(27-3)22-17-7-5-4-6-16(15)17/h4-7,12,26H,8-11,13-14H2,1-3H3,(H,21,25). The van der Waals surface area contributed by atoms with E-state index >= 15 is 0 Å². The molecule has 2 heterocycles. The minimum Gasteiger partial charge on any atom is -0.481 e. The number of ether oxygens (including phenoxy) is 1. The Labute approximate surface area is 159 Å². The monoisotopic (exact) mass is 372 g/mol. The smallest absolute Gasteiger partial charge is 0.317 e. The summed E-state index contributed by atoms with van der Waals surface area (Å²) in [4.78, 5) is 21.0. The molecule has 0 bridgehead atoms. The third-order valence-electron chi connectivity index (χ3n) is 4.69. The SMILES string of the molecule is COc1cc(CNC(=O)N2CCN(CC(C)(C)O)CC2)c2ccccc2n1. The molecule has 0 saturated carbocycles. The second-order valence-corrected chi connectivity index (χ2v) is 7.58. The van der Waals surface area contributed by atoms with Gasteiger partial charge in [0.05, 0.1) is 18.2 Å². The van der Waals surface area contributed by atoms with Crippen LogP contribution in [0.15, 0.2) is 30.3 Å². The van der Waals surface area contributed by atoms with Gasteiger partial charge in [0.15, 0.2) is 0 Å². The summed E-state index contributed by atoms with van der Waals surface area (Å²) in [5, 5.41) is 14.0. The second kappa shape index (κ2) is 8.10. The fourth-order valence-corrected chi connectivity index (χ4v) is 3.41. The number of aliphatic hydroxyl groups is 1. The van der Waals surface area contributed by atoms with E-state index < -0.39 is 5.60 Å². The minimum absolute atomic E-state index is 0.0715. The number of carbonyl (C=O) groups excluding carboxylic acids is 1. The van der Waals surface area contributed by atoms with E-state index in [4.69, 9.17) is 4.74 Å². The van der Waals surface area contributed by atoms with E-state index in [9.17, 15) is 9.90 Å². The molecule has 2 amide bonds. The van der Waals surface area contributed by atoms with Crippen molar-refractivity contribution in [3.8, 4) is 5.88 Å². The van der Waals surface area contributed by atoms with Crippen molar-refractivity contribution in [2.75, 3.05) is 39.8 Å². The number of carbonyl (C=O) groups is 1. The average molecular weight is 372 g/mol. The Bertz CT molecular complexity index is 795. The van der Waals surface area contributed by atoms with Gasteiger partial charge in [-0.15, -0.1) is 0 Å². The van der Waals surface area contributed by atoms with Gasteiger partial charge >= 0.3 is 6.03 Å². The molecule has 1 aliphatic rings. The molecular weight excluding hydrogens is 344 g/mol. The maximum Gasteiger partial charge on any atom is 0.317 e. The Morgan fingerprint density at radius 2 is 1.96 bits per heavy atom. The predicted octanol–water partition coefficient (Wildman–Crippen LogP) is 1.84. The summed E-state index contributed by atoms with van der Waals surface area (Å²) in [6, 6.07) is 9.62. The van der Waals surface area contributed by atoms with Crippen LogP contribution in [0.5, 0.6) is 5.88 Å². The summed E-state index contributed by atoms with van der Waals surface area (Å²) < 4.78 is 5.28. The second-order valence-electron chi connectivity index (χ2n) is 7.58. The first-order valence-corrected chi connectivity index (χ1v) is 9.26. The number of aromatic nitrogens is 1. The van der Waals surface area contributed by atoms with Crippen molar-refractivity contribution < 1.29 is 14.6 Å². The van der Waals surface area contributed by atoms with Gasteiger partial charge in [-0.1, -0.05) is 18.2 Å². The molecule has 2 N–H and O–H groups in total. The molecule has 2 aromatic rings. The van der Waals surface area contributed by atoms with E-state index in [1.54, 1.807) is 21.0 Å². The number of pyridine rings is 1. The zero-order valence-electron chi connectivity index (χ0n) is 16.2. The van der Waals surface area contributed by atoms with Crippen LogP contribution in [-0.4, -0.2) is 71.4 Å². The van der Waals surface area contributed by atoms with Crippen molar-refractivity contribution >= 4 is 16.9 Å². The number of methoxy groups -OCH3 is 1. The zero-order chi connectivity index (χ0) is 19.4. The van der Waals surface area contributed by atoms with Gasteiger partial charge in [0.25, 0.3) is 0 Å². The van der Waals surface area contributed by atoms with Crippen molar-refractivity contribution in [2.45, 2.75) is 26.0 Å². The van der Waals surface area contributed by atoms with E-state index in [-0.39, 0.29) is 6.03 Å². The lowest BCUT2D eigenvalue weighted by Gasteiger charge is -2.37. The van der Waals surface area contributed by atoms with Gasteiger partial charge < -0.3 is 20.1 Å². The van der Waals surface area contributed by atoms with Gasteiger partial charge in [-0.3, -0.25) is 4.90 Å². The molecule has 1 aromatic carbocycles. The van der Waals surface area contributed by atoms with Crippen LogP contribution in [0.3, 0.4) is 0 Å². The third kappa shape index (κ3) is 5.08. The molecule has 1 fully saturated rings. The number of fused-ring (bicyclic) bond motifs is 1.